The topological polar surface area (TPSA) is 187 Å². The highest BCUT2D eigenvalue weighted by Gasteiger charge is 2.53. The van der Waals surface area contributed by atoms with Gasteiger partial charge in [0.05, 0.1) is 5.56 Å². The smallest absolute Gasteiger partial charge is 0.343 e. The minimum atomic E-state index is -1.71. The zero-order valence-electron chi connectivity index (χ0n) is 23.9. The molecule has 14 nitrogen and oxygen atoms in total. The highest BCUT2D eigenvalue weighted by molar-refractivity contribution is 6.00. The van der Waals surface area contributed by atoms with Crippen LogP contribution in [-0.2, 0) is 42.9 Å². The van der Waals surface area contributed by atoms with Crippen molar-refractivity contribution in [2.75, 3.05) is 6.61 Å². The number of rotatable bonds is 10. The Morgan fingerprint density at radius 3 is 1.91 bits per heavy atom. The number of phenols is 1. The number of benzene rings is 2. The molecule has 0 spiro atoms. The molecule has 0 radical (unpaired) electrons. The standard InChI is InChI=1S/C29H30O14/c1-14(30)24-21(35)11-20(41-28(36)19-9-7-6-8-10-19)12-22(24)42-29-27(40-18(5)34)26(39-17(4)33)25(38-16(3)32)23(43-29)13-37-15(2)31/h6-12,23,25-27,29,35H,13H2,1-5H3/t23-,25+,26+,27-,29-/m1/s1. The van der Waals surface area contributed by atoms with E-state index in [1.54, 1.807) is 18.2 Å². The molecule has 14 heteroatoms. The Morgan fingerprint density at radius 1 is 0.767 bits per heavy atom. The fourth-order valence-corrected chi connectivity index (χ4v) is 4.23. The van der Waals surface area contributed by atoms with Crippen LogP contribution < -0.4 is 9.47 Å². The van der Waals surface area contributed by atoms with Crippen LogP contribution >= 0.6 is 0 Å². The first-order valence-corrected chi connectivity index (χ1v) is 12.9. The molecule has 2 aromatic carbocycles. The number of phenolic OH excluding ortho intramolecular Hbond substituents is 1. The summed E-state index contributed by atoms with van der Waals surface area (Å²) in [7, 11) is 0. The van der Waals surface area contributed by atoms with Gasteiger partial charge in [-0.1, -0.05) is 18.2 Å². The summed E-state index contributed by atoms with van der Waals surface area (Å²) >= 11 is 0. The summed E-state index contributed by atoms with van der Waals surface area (Å²) in [6.07, 6.45) is -7.64. The summed E-state index contributed by atoms with van der Waals surface area (Å²) in [4.78, 5) is 72.8. The van der Waals surface area contributed by atoms with Crippen LogP contribution in [0.2, 0.25) is 0 Å². The van der Waals surface area contributed by atoms with E-state index in [0.29, 0.717) is 0 Å². The van der Waals surface area contributed by atoms with Gasteiger partial charge in [-0.3, -0.25) is 24.0 Å². The lowest BCUT2D eigenvalue weighted by Gasteiger charge is -2.44. The second-order valence-corrected chi connectivity index (χ2v) is 9.31. The van der Waals surface area contributed by atoms with Crippen LogP contribution in [0.1, 0.15) is 55.3 Å². The molecule has 43 heavy (non-hydrogen) atoms. The summed E-state index contributed by atoms with van der Waals surface area (Å²) in [6.45, 7) is 4.90. The zero-order valence-corrected chi connectivity index (χ0v) is 23.9. The molecule has 0 aromatic heterocycles. The number of carbonyl (C=O) groups is 6. The summed E-state index contributed by atoms with van der Waals surface area (Å²) < 4.78 is 38.3. The first kappa shape index (κ1) is 32.5. The van der Waals surface area contributed by atoms with Crippen molar-refractivity contribution < 1.29 is 67.0 Å². The van der Waals surface area contributed by atoms with Crippen LogP contribution in [0.15, 0.2) is 42.5 Å². The number of Topliss-reactive ketones (excluding diaryl/α,β-unsaturated/α-hetero) is 1. The van der Waals surface area contributed by atoms with Crippen LogP contribution in [0, 0.1) is 0 Å². The Balaban J connectivity index is 2.08. The van der Waals surface area contributed by atoms with Gasteiger partial charge in [0.1, 0.15) is 35.5 Å². The third kappa shape index (κ3) is 8.75. The second kappa shape index (κ2) is 14.3. The fourth-order valence-electron chi connectivity index (χ4n) is 4.23. The molecule has 1 heterocycles. The van der Waals surface area contributed by atoms with E-state index < -0.39 is 78.7 Å². The van der Waals surface area contributed by atoms with Gasteiger partial charge in [-0.25, -0.2) is 4.79 Å². The molecular formula is C29H30O14. The van der Waals surface area contributed by atoms with Gasteiger partial charge in [-0.05, 0) is 19.1 Å². The van der Waals surface area contributed by atoms with E-state index in [-0.39, 0.29) is 22.6 Å². The molecule has 0 unspecified atom stereocenters. The second-order valence-electron chi connectivity index (χ2n) is 9.31. The van der Waals surface area contributed by atoms with Gasteiger partial charge < -0.3 is 38.3 Å². The van der Waals surface area contributed by atoms with Crippen LogP contribution in [0.4, 0.5) is 0 Å². The first-order chi connectivity index (χ1) is 20.3. The van der Waals surface area contributed by atoms with E-state index in [2.05, 4.69) is 0 Å². The van der Waals surface area contributed by atoms with E-state index in [0.717, 1.165) is 46.8 Å². The minimum Gasteiger partial charge on any atom is -0.507 e. The molecule has 0 bridgehead atoms. The fraction of sp³-hybridized carbons (Fsp3) is 0.379. The van der Waals surface area contributed by atoms with Gasteiger partial charge in [0.2, 0.25) is 12.4 Å². The Bertz CT molecular complexity index is 1390. The van der Waals surface area contributed by atoms with Gasteiger partial charge in [0.15, 0.2) is 18.0 Å². The van der Waals surface area contributed by atoms with Crippen molar-refractivity contribution in [3.05, 3.63) is 53.6 Å². The Morgan fingerprint density at radius 2 is 1.35 bits per heavy atom. The lowest BCUT2D eigenvalue weighted by Crippen LogP contribution is -2.63. The number of ether oxygens (including phenoxy) is 7. The highest BCUT2D eigenvalue weighted by Crippen LogP contribution is 2.37. The van der Waals surface area contributed by atoms with Crippen LogP contribution in [0.5, 0.6) is 17.2 Å². The molecule has 0 saturated carbocycles. The van der Waals surface area contributed by atoms with Crippen molar-refractivity contribution in [2.45, 2.75) is 65.3 Å². The van der Waals surface area contributed by atoms with Crippen molar-refractivity contribution in [1.82, 2.24) is 0 Å². The van der Waals surface area contributed by atoms with Crippen molar-refractivity contribution in [3.63, 3.8) is 0 Å². The van der Waals surface area contributed by atoms with Crippen molar-refractivity contribution in [1.29, 1.82) is 0 Å². The molecule has 1 N–H and O–H groups in total. The van der Waals surface area contributed by atoms with E-state index in [4.69, 9.17) is 33.2 Å². The molecule has 0 aliphatic carbocycles. The molecule has 2 aromatic rings. The molecule has 3 rings (SSSR count). The van der Waals surface area contributed by atoms with Crippen molar-refractivity contribution >= 4 is 35.6 Å². The number of esters is 5. The summed E-state index contributed by atoms with van der Waals surface area (Å²) in [6, 6.07) is 10.1. The lowest BCUT2D eigenvalue weighted by atomic mass is 9.98. The van der Waals surface area contributed by atoms with Gasteiger partial charge in [-0.15, -0.1) is 0 Å². The van der Waals surface area contributed by atoms with Crippen molar-refractivity contribution in [3.8, 4) is 17.2 Å². The molecular weight excluding hydrogens is 572 g/mol. The molecule has 1 aliphatic heterocycles. The summed E-state index contributed by atoms with van der Waals surface area (Å²) in [5.41, 5.74) is -0.160. The summed E-state index contributed by atoms with van der Waals surface area (Å²) in [5, 5.41) is 10.7. The molecule has 1 saturated heterocycles. The summed E-state index contributed by atoms with van der Waals surface area (Å²) in [5.74, 6) is -5.94. The highest BCUT2D eigenvalue weighted by atomic mass is 16.7. The number of aromatic hydroxyl groups is 1. The first-order valence-electron chi connectivity index (χ1n) is 12.9. The number of hydrogen-bond donors (Lipinski definition) is 1. The Hall–Kier alpha value is -4.98. The monoisotopic (exact) mass is 602 g/mol. The quantitative estimate of drug-likeness (QED) is 0.180. The predicted molar refractivity (Wildman–Crippen MR) is 142 cm³/mol. The number of carbonyl (C=O) groups excluding carboxylic acids is 6. The van der Waals surface area contributed by atoms with Crippen LogP contribution in [-0.4, -0.2) is 78.0 Å². The normalized spacial score (nSPS) is 21.1. The van der Waals surface area contributed by atoms with E-state index in [1.807, 2.05) is 0 Å². The SMILES string of the molecule is CC(=O)OC[C@H]1O[C@@H](Oc2cc(OC(=O)c3ccccc3)cc(O)c2C(C)=O)[C@H](OC(C)=O)[C@@H](OC(C)=O)[C@H]1OC(C)=O. The average molecular weight is 603 g/mol. The Kier molecular flexibility index (Phi) is 10.8. The largest absolute Gasteiger partial charge is 0.507 e. The molecule has 1 fully saturated rings. The molecule has 1 aliphatic rings. The van der Waals surface area contributed by atoms with Gasteiger partial charge in [0, 0.05) is 39.8 Å². The van der Waals surface area contributed by atoms with E-state index >= 15 is 0 Å². The molecule has 5 atom stereocenters. The number of hydrogen-bond acceptors (Lipinski definition) is 14. The zero-order chi connectivity index (χ0) is 31.8. The maximum Gasteiger partial charge on any atom is 0.343 e. The van der Waals surface area contributed by atoms with Gasteiger partial charge >= 0.3 is 29.8 Å². The molecule has 0 amide bonds. The van der Waals surface area contributed by atoms with Crippen LogP contribution in [0.3, 0.4) is 0 Å². The predicted octanol–water partition coefficient (Wildman–Crippen LogP) is 2.28. The van der Waals surface area contributed by atoms with E-state index in [1.165, 1.54) is 12.1 Å². The van der Waals surface area contributed by atoms with Crippen molar-refractivity contribution in [2.24, 2.45) is 0 Å². The number of ketones is 1. The van der Waals surface area contributed by atoms with E-state index in [9.17, 15) is 33.9 Å². The maximum atomic E-state index is 12.6. The third-order valence-electron chi connectivity index (χ3n) is 5.82. The average Bonchev–Trinajstić information content (AvgIpc) is 2.90. The maximum absolute atomic E-state index is 12.6. The molecule has 230 valence electrons. The van der Waals surface area contributed by atoms with Gasteiger partial charge in [0.25, 0.3) is 0 Å². The lowest BCUT2D eigenvalue weighted by molar-refractivity contribution is -0.288. The third-order valence-corrected chi connectivity index (χ3v) is 5.82. The van der Waals surface area contributed by atoms with Crippen LogP contribution in [0.25, 0.3) is 0 Å². The Labute approximate surface area is 245 Å². The van der Waals surface area contributed by atoms with Gasteiger partial charge in [-0.2, -0.15) is 0 Å². The minimum absolute atomic E-state index is 0.194.